The van der Waals surface area contributed by atoms with E-state index in [4.69, 9.17) is 0 Å². The van der Waals surface area contributed by atoms with Gasteiger partial charge in [-0.2, -0.15) is 35.1 Å². The first-order valence-corrected chi connectivity index (χ1v) is 2.01. The monoisotopic (exact) mass is 220 g/mol. The largest absolute Gasteiger partial charge is 0.463 e. The van der Waals surface area contributed by atoms with Crippen molar-refractivity contribution in [1.82, 2.24) is 0 Å². The first-order valence-electron chi connectivity index (χ1n) is 2.01. The molecule has 0 spiro atoms. The molecule has 0 aromatic rings. The van der Waals surface area contributed by atoms with Crippen LogP contribution < -0.4 is 0 Å². The fourth-order valence-electron chi connectivity index (χ4n) is 0.161. The van der Waals surface area contributed by atoms with Gasteiger partial charge in [-0.25, -0.2) is 0 Å². The third-order valence-electron chi connectivity index (χ3n) is 0.712. The van der Waals surface area contributed by atoms with Crippen LogP contribution in [0.15, 0.2) is 0 Å². The van der Waals surface area contributed by atoms with Crippen LogP contribution in [0.3, 0.4) is 0 Å². The topological polar surface area (TPSA) is 0 Å². The molecule has 2 radical (unpaired) electrons. The Kier molecular flexibility index (Phi) is 3.90. The highest BCUT2D eigenvalue weighted by Gasteiger charge is 2.74. The highest BCUT2D eigenvalue weighted by Crippen LogP contribution is 2.46. The minimum absolute atomic E-state index is 0. The van der Waals surface area contributed by atoms with Gasteiger partial charge in [0.05, 0.1) is 0 Å². The summed E-state index contributed by atoms with van der Waals surface area (Å²) in [4.78, 5) is 0. The van der Waals surface area contributed by atoms with Gasteiger partial charge in [-0.3, -0.25) is 0 Å². The molecule has 0 aromatic heterocycles. The number of hydrogen-bond acceptors (Lipinski definition) is 0. The maximum absolute atomic E-state index is 11.2. The summed E-state index contributed by atoms with van der Waals surface area (Å²) >= 11 is 0. The van der Waals surface area contributed by atoms with E-state index in [0.29, 0.717) is 0 Å². The Morgan fingerprint density at radius 2 is 0.667 bits per heavy atom. The number of alkyl halides is 8. The molecule has 0 saturated carbocycles. The van der Waals surface area contributed by atoms with Crippen LogP contribution in [-0.2, 0) is 0 Å². The minimum atomic E-state index is -6.62. The van der Waals surface area contributed by atoms with Gasteiger partial charge in [0.15, 0.2) is 0 Å². The van der Waals surface area contributed by atoms with E-state index in [9.17, 15) is 35.1 Å². The Labute approximate surface area is 68.0 Å². The van der Waals surface area contributed by atoms with E-state index < -0.39 is 18.3 Å². The van der Waals surface area contributed by atoms with Crippen molar-refractivity contribution < 1.29 is 35.1 Å². The molecule has 0 saturated heterocycles. The van der Waals surface area contributed by atoms with Crippen LogP contribution in [0.4, 0.5) is 35.1 Å². The maximum Gasteiger partial charge on any atom is 0.463 e. The highest BCUT2D eigenvalue weighted by atomic mass is 32.1. The second-order valence-corrected chi connectivity index (χ2v) is 1.57. The highest BCUT2D eigenvalue weighted by molar-refractivity contribution is 7.59. The molecule has 0 N–H and O–H groups in total. The Morgan fingerprint density at radius 1 is 0.500 bits per heavy atom. The van der Waals surface area contributed by atoms with Gasteiger partial charge in [0.25, 0.3) is 0 Å². The second kappa shape index (κ2) is 3.27. The Balaban J connectivity index is 0. The van der Waals surface area contributed by atoms with Crippen LogP contribution in [-0.4, -0.2) is 18.3 Å². The fourth-order valence-corrected chi connectivity index (χ4v) is 0.161. The molecule has 74 valence electrons. The van der Waals surface area contributed by atoms with E-state index in [1.807, 2.05) is 0 Å². The molecular weight excluding hydrogens is 220 g/mol. The minimum Gasteiger partial charge on any atom is -0.186 e. The third kappa shape index (κ3) is 2.39. The quantitative estimate of drug-likeness (QED) is 0.549. The van der Waals surface area contributed by atoms with Gasteiger partial charge in [-0.05, 0) is 0 Å². The van der Waals surface area contributed by atoms with Crippen molar-refractivity contribution in [2.45, 2.75) is 18.3 Å². The molecular formula is C3F8S. The first-order chi connectivity index (χ1) is 4.50. The van der Waals surface area contributed by atoms with E-state index in [-0.39, 0.29) is 13.5 Å². The SMILES string of the molecule is FC(F)(F)C(F)(F)C(F)(F)F.[S]. The van der Waals surface area contributed by atoms with Crippen molar-refractivity contribution in [2.75, 3.05) is 0 Å². The van der Waals surface area contributed by atoms with E-state index in [2.05, 4.69) is 0 Å². The van der Waals surface area contributed by atoms with E-state index >= 15 is 0 Å². The Morgan fingerprint density at radius 3 is 0.667 bits per heavy atom. The van der Waals surface area contributed by atoms with Crippen LogP contribution in [0.5, 0.6) is 0 Å². The molecule has 0 nitrogen and oxygen atoms in total. The predicted octanol–water partition coefficient (Wildman–Crippen LogP) is 3.39. The summed E-state index contributed by atoms with van der Waals surface area (Å²) in [5.74, 6) is -6.62. The molecule has 0 aliphatic rings. The van der Waals surface area contributed by atoms with Crippen LogP contribution >= 0.6 is 13.5 Å². The van der Waals surface area contributed by atoms with E-state index in [1.54, 1.807) is 0 Å². The summed E-state index contributed by atoms with van der Waals surface area (Å²) in [6, 6.07) is 0. The molecule has 0 bridgehead atoms. The van der Waals surface area contributed by atoms with E-state index in [0.717, 1.165) is 0 Å². The zero-order valence-electron chi connectivity index (χ0n) is 4.93. The fraction of sp³-hybridized carbons (Fsp3) is 1.00. The molecule has 0 heterocycles. The summed E-state index contributed by atoms with van der Waals surface area (Å²) in [6.07, 6.45) is -13.2. The summed E-state index contributed by atoms with van der Waals surface area (Å²) < 4.78 is 87.5. The van der Waals surface area contributed by atoms with Crippen molar-refractivity contribution in [3.8, 4) is 0 Å². The standard InChI is InChI=1S/C3F8.S/c4-1(5,2(6,7)8)3(9,10)11;. The first kappa shape index (κ1) is 14.3. The second-order valence-electron chi connectivity index (χ2n) is 1.57. The average Bonchev–Trinajstić information content (AvgIpc) is 1.58. The zero-order valence-corrected chi connectivity index (χ0v) is 5.75. The van der Waals surface area contributed by atoms with Gasteiger partial charge in [-0.15, -0.1) is 0 Å². The normalized spacial score (nSPS) is 14.0. The van der Waals surface area contributed by atoms with Crippen LogP contribution in [0, 0.1) is 0 Å². The summed E-state index contributed by atoms with van der Waals surface area (Å²) in [5.41, 5.74) is 0. The van der Waals surface area contributed by atoms with Crippen LogP contribution in [0.25, 0.3) is 0 Å². The van der Waals surface area contributed by atoms with Gasteiger partial charge in [0.2, 0.25) is 0 Å². The van der Waals surface area contributed by atoms with Crippen molar-refractivity contribution in [3.63, 3.8) is 0 Å². The van der Waals surface area contributed by atoms with Gasteiger partial charge >= 0.3 is 18.3 Å². The van der Waals surface area contributed by atoms with Crippen LogP contribution in [0.1, 0.15) is 0 Å². The average molecular weight is 220 g/mol. The summed E-state index contributed by atoms with van der Waals surface area (Å²) in [6.45, 7) is 0. The number of halogens is 8. The molecule has 0 atom stereocenters. The molecule has 0 aliphatic carbocycles. The molecule has 9 heteroatoms. The van der Waals surface area contributed by atoms with Crippen molar-refractivity contribution >= 4 is 13.5 Å². The molecule has 0 aromatic carbocycles. The summed E-state index contributed by atoms with van der Waals surface area (Å²) in [7, 11) is 0. The van der Waals surface area contributed by atoms with Gasteiger partial charge in [-0.1, -0.05) is 0 Å². The summed E-state index contributed by atoms with van der Waals surface area (Å²) in [5, 5.41) is 0. The molecule has 0 amide bonds. The molecule has 0 aliphatic heterocycles. The molecule has 0 fully saturated rings. The lowest BCUT2D eigenvalue weighted by Gasteiger charge is -2.21. The van der Waals surface area contributed by atoms with Gasteiger partial charge < -0.3 is 0 Å². The van der Waals surface area contributed by atoms with Crippen molar-refractivity contribution in [1.29, 1.82) is 0 Å². The lowest BCUT2D eigenvalue weighted by Crippen LogP contribution is -2.49. The Hall–Kier alpha value is -0.210. The lowest BCUT2D eigenvalue weighted by atomic mass is 10.3. The third-order valence-corrected chi connectivity index (χ3v) is 0.712. The molecule has 0 rings (SSSR count). The van der Waals surface area contributed by atoms with Gasteiger partial charge in [0.1, 0.15) is 0 Å². The van der Waals surface area contributed by atoms with Crippen molar-refractivity contribution in [3.05, 3.63) is 0 Å². The lowest BCUT2D eigenvalue weighted by molar-refractivity contribution is -0.389. The zero-order chi connectivity index (χ0) is 9.50. The van der Waals surface area contributed by atoms with Crippen LogP contribution in [0.2, 0.25) is 0 Å². The number of rotatable bonds is 0. The van der Waals surface area contributed by atoms with E-state index in [1.165, 1.54) is 0 Å². The van der Waals surface area contributed by atoms with Crippen molar-refractivity contribution in [2.24, 2.45) is 0 Å². The van der Waals surface area contributed by atoms with Gasteiger partial charge in [0, 0.05) is 13.5 Å². The maximum atomic E-state index is 11.2. The predicted molar refractivity (Wildman–Crippen MR) is 24.6 cm³/mol. The number of hydrogen-bond donors (Lipinski definition) is 0. The Bertz CT molecular complexity index is 125. The molecule has 12 heavy (non-hydrogen) atoms. The molecule has 0 unspecified atom stereocenters. The smallest absolute Gasteiger partial charge is 0.186 e.